The van der Waals surface area contributed by atoms with Crippen molar-refractivity contribution >= 4 is 16.0 Å². The Bertz CT molecular complexity index is 601. The lowest BCUT2D eigenvalue weighted by molar-refractivity contribution is 0.0686. The molecule has 0 saturated heterocycles. The van der Waals surface area contributed by atoms with Crippen LogP contribution in [0.2, 0.25) is 0 Å². The molecule has 106 valence electrons. The van der Waals surface area contributed by atoms with Crippen LogP contribution in [0.15, 0.2) is 4.90 Å². The van der Waals surface area contributed by atoms with Gasteiger partial charge < -0.3 is 5.11 Å². The number of sulfonamides is 1. The Kier molecular flexibility index (Phi) is 3.40. The second-order valence-electron chi connectivity index (χ2n) is 5.32. The molecule has 1 aliphatic carbocycles. The number of nitrogens with one attached hydrogen (secondary N) is 2. The summed E-state index contributed by atoms with van der Waals surface area (Å²) >= 11 is 0. The van der Waals surface area contributed by atoms with Crippen LogP contribution in [-0.2, 0) is 10.0 Å². The number of hydrogen-bond donors (Lipinski definition) is 3. The molecule has 0 bridgehead atoms. The summed E-state index contributed by atoms with van der Waals surface area (Å²) in [5.41, 5.74) is -0.263. The van der Waals surface area contributed by atoms with Crippen LogP contribution in [0.25, 0.3) is 0 Å². The predicted octanol–water partition coefficient (Wildman–Crippen LogP) is 0.885. The number of nitrogens with zero attached hydrogens (tertiary/aromatic N) is 1. The van der Waals surface area contributed by atoms with Crippen molar-refractivity contribution in [1.82, 2.24) is 14.9 Å². The fourth-order valence-electron chi connectivity index (χ4n) is 2.19. The first kappa shape index (κ1) is 14.0. The van der Waals surface area contributed by atoms with Crippen molar-refractivity contribution in [3.8, 4) is 0 Å². The van der Waals surface area contributed by atoms with E-state index in [2.05, 4.69) is 14.9 Å². The molecule has 1 aliphatic rings. The van der Waals surface area contributed by atoms with E-state index in [9.17, 15) is 13.2 Å². The van der Waals surface area contributed by atoms with E-state index in [4.69, 9.17) is 5.11 Å². The summed E-state index contributed by atoms with van der Waals surface area (Å²) in [6.07, 6.45) is 3.06. The third kappa shape index (κ3) is 2.64. The van der Waals surface area contributed by atoms with E-state index < -0.39 is 21.7 Å². The largest absolute Gasteiger partial charge is 0.476 e. The average Bonchev–Trinajstić information content (AvgIpc) is 2.67. The van der Waals surface area contributed by atoms with Crippen molar-refractivity contribution in [2.24, 2.45) is 5.41 Å². The number of hydrogen-bond acceptors (Lipinski definition) is 4. The van der Waals surface area contributed by atoms with Crippen molar-refractivity contribution in [1.29, 1.82) is 0 Å². The lowest BCUT2D eigenvalue weighted by atomic mass is 9.71. The van der Waals surface area contributed by atoms with Gasteiger partial charge in [0.25, 0.3) is 0 Å². The van der Waals surface area contributed by atoms with Gasteiger partial charge in [-0.1, -0.05) is 13.3 Å². The highest BCUT2D eigenvalue weighted by molar-refractivity contribution is 7.89. The smallest absolute Gasteiger partial charge is 0.357 e. The number of carboxylic acids is 1. The van der Waals surface area contributed by atoms with E-state index in [-0.39, 0.29) is 16.0 Å². The molecule has 0 spiro atoms. The monoisotopic (exact) mass is 287 g/mol. The number of H-pyrrole nitrogens is 1. The first-order valence-corrected chi connectivity index (χ1v) is 7.51. The van der Waals surface area contributed by atoms with Gasteiger partial charge >= 0.3 is 5.97 Å². The van der Waals surface area contributed by atoms with E-state index in [1.807, 2.05) is 6.92 Å². The summed E-state index contributed by atoms with van der Waals surface area (Å²) in [5, 5.41) is 14.9. The molecule has 1 heterocycles. The molecule has 0 unspecified atom stereocenters. The zero-order valence-electron chi connectivity index (χ0n) is 10.9. The van der Waals surface area contributed by atoms with Crippen molar-refractivity contribution < 1.29 is 18.3 Å². The minimum atomic E-state index is -3.86. The van der Waals surface area contributed by atoms with E-state index in [1.165, 1.54) is 6.92 Å². The highest BCUT2D eigenvalue weighted by Gasteiger charge is 2.35. The molecule has 0 atom stereocenters. The van der Waals surface area contributed by atoms with Crippen LogP contribution >= 0.6 is 0 Å². The van der Waals surface area contributed by atoms with Gasteiger partial charge in [0.2, 0.25) is 10.0 Å². The van der Waals surface area contributed by atoms with Gasteiger partial charge in [0.15, 0.2) is 5.69 Å². The number of carboxylic acid groups (broad SMARTS) is 1. The quantitative estimate of drug-likeness (QED) is 0.744. The zero-order chi connectivity index (χ0) is 14.3. The Balaban J connectivity index is 2.24. The predicted molar refractivity (Wildman–Crippen MR) is 67.4 cm³/mol. The number of aromatic carboxylic acids is 1. The molecule has 7 nitrogen and oxygen atoms in total. The molecule has 0 aromatic carbocycles. The fraction of sp³-hybridized carbons (Fsp3) is 0.636. The van der Waals surface area contributed by atoms with Crippen LogP contribution in [0.4, 0.5) is 0 Å². The van der Waals surface area contributed by atoms with E-state index in [1.54, 1.807) is 0 Å². The number of aromatic amines is 1. The molecule has 0 aliphatic heterocycles. The summed E-state index contributed by atoms with van der Waals surface area (Å²) in [7, 11) is -3.86. The highest BCUT2D eigenvalue weighted by atomic mass is 32.2. The summed E-state index contributed by atoms with van der Waals surface area (Å²) in [6.45, 7) is 3.82. The summed E-state index contributed by atoms with van der Waals surface area (Å²) in [6, 6.07) is 0. The van der Waals surface area contributed by atoms with Crippen LogP contribution in [-0.4, -0.2) is 36.2 Å². The molecule has 2 rings (SSSR count). The summed E-state index contributed by atoms with van der Waals surface area (Å²) < 4.78 is 26.9. The van der Waals surface area contributed by atoms with Gasteiger partial charge in [0.1, 0.15) is 4.90 Å². The summed E-state index contributed by atoms with van der Waals surface area (Å²) in [5.74, 6) is -1.36. The minimum Gasteiger partial charge on any atom is -0.476 e. The SMILES string of the molecule is Cc1[nH]nc(C(=O)O)c1S(=O)(=O)NCC1(C)CCC1. The Labute approximate surface area is 111 Å². The first-order valence-electron chi connectivity index (χ1n) is 6.03. The molecule has 1 fully saturated rings. The molecule has 1 aromatic heterocycles. The number of rotatable bonds is 5. The molecule has 1 saturated carbocycles. The van der Waals surface area contributed by atoms with Crippen LogP contribution in [0.3, 0.4) is 0 Å². The maximum absolute atomic E-state index is 12.2. The van der Waals surface area contributed by atoms with Crippen LogP contribution in [0.5, 0.6) is 0 Å². The van der Waals surface area contributed by atoms with Gasteiger partial charge in [-0.05, 0) is 25.2 Å². The Morgan fingerprint density at radius 2 is 2.16 bits per heavy atom. The van der Waals surface area contributed by atoms with Crippen molar-refractivity contribution in [2.45, 2.75) is 38.0 Å². The Morgan fingerprint density at radius 3 is 2.63 bits per heavy atom. The third-order valence-electron chi connectivity index (χ3n) is 3.61. The maximum Gasteiger partial charge on any atom is 0.357 e. The van der Waals surface area contributed by atoms with Gasteiger partial charge in [-0.3, -0.25) is 5.10 Å². The molecular weight excluding hydrogens is 270 g/mol. The van der Waals surface area contributed by atoms with Crippen LogP contribution in [0.1, 0.15) is 42.4 Å². The molecule has 0 amide bonds. The molecule has 3 N–H and O–H groups in total. The number of carbonyl (C=O) groups is 1. The second-order valence-corrected chi connectivity index (χ2v) is 7.02. The van der Waals surface area contributed by atoms with Crippen molar-refractivity contribution in [3.63, 3.8) is 0 Å². The third-order valence-corrected chi connectivity index (χ3v) is 5.17. The number of aromatic nitrogens is 2. The summed E-state index contributed by atoms with van der Waals surface area (Å²) in [4.78, 5) is 10.7. The number of aryl methyl sites for hydroxylation is 1. The highest BCUT2D eigenvalue weighted by Crippen LogP contribution is 2.39. The molecule has 19 heavy (non-hydrogen) atoms. The Hall–Kier alpha value is -1.41. The van der Waals surface area contributed by atoms with Crippen LogP contribution in [0, 0.1) is 12.3 Å². The Morgan fingerprint density at radius 1 is 1.53 bits per heavy atom. The maximum atomic E-state index is 12.2. The van der Waals surface area contributed by atoms with E-state index >= 15 is 0 Å². The lowest BCUT2D eigenvalue weighted by Crippen LogP contribution is -2.40. The second kappa shape index (κ2) is 4.61. The normalized spacial score (nSPS) is 18.0. The minimum absolute atomic E-state index is 0.0197. The molecule has 0 radical (unpaired) electrons. The topological polar surface area (TPSA) is 112 Å². The average molecular weight is 287 g/mol. The van der Waals surface area contributed by atoms with Gasteiger partial charge in [-0.15, -0.1) is 0 Å². The van der Waals surface area contributed by atoms with Gasteiger partial charge in [-0.25, -0.2) is 17.9 Å². The lowest BCUT2D eigenvalue weighted by Gasteiger charge is -2.38. The van der Waals surface area contributed by atoms with Crippen molar-refractivity contribution in [3.05, 3.63) is 11.4 Å². The molecular formula is C11H17N3O4S. The van der Waals surface area contributed by atoms with Gasteiger partial charge in [0.05, 0.1) is 5.69 Å². The van der Waals surface area contributed by atoms with Gasteiger partial charge in [0, 0.05) is 6.54 Å². The van der Waals surface area contributed by atoms with E-state index in [0.29, 0.717) is 6.54 Å². The molecule has 1 aromatic rings. The van der Waals surface area contributed by atoms with E-state index in [0.717, 1.165) is 19.3 Å². The molecule has 8 heteroatoms. The standard InChI is InChI=1S/C11H17N3O4S/c1-7-9(8(10(15)16)14-13-7)19(17,18)12-6-11(2)4-3-5-11/h12H,3-6H2,1-2H3,(H,13,14)(H,15,16). The fourth-order valence-corrected chi connectivity index (χ4v) is 3.71. The zero-order valence-corrected chi connectivity index (χ0v) is 11.7. The first-order chi connectivity index (χ1) is 8.75. The van der Waals surface area contributed by atoms with Crippen LogP contribution < -0.4 is 4.72 Å². The van der Waals surface area contributed by atoms with Crippen molar-refractivity contribution in [2.75, 3.05) is 6.54 Å². The van der Waals surface area contributed by atoms with Gasteiger partial charge in [-0.2, -0.15) is 5.10 Å².